The normalized spacial score (nSPS) is 18.2. The monoisotopic (exact) mass is 882 g/mol. The average molecular weight is 883 g/mol. The van der Waals surface area contributed by atoms with E-state index < -0.39 is 122 Å². The van der Waals surface area contributed by atoms with Crippen molar-refractivity contribution in [3.63, 3.8) is 0 Å². The molecule has 22 heteroatoms. The first-order chi connectivity index (χ1) is 28.0. The molecule has 1 saturated carbocycles. The van der Waals surface area contributed by atoms with E-state index in [1.54, 1.807) is 0 Å². The minimum absolute atomic E-state index is 0.0648. The number of aryl methyl sites for hydroxylation is 1. The molecule has 0 aliphatic heterocycles. The van der Waals surface area contributed by atoms with Crippen LogP contribution in [0.15, 0.2) is 53.3 Å². The molecule has 0 bridgehead atoms. The van der Waals surface area contributed by atoms with Gasteiger partial charge < -0.3 is 5.73 Å². The quantitative estimate of drug-likeness (QED) is 0.121. The summed E-state index contributed by atoms with van der Waals surface area (Å²) in [7, 11) is -2.66. The highest BCUT2D eigenvalue weighted by Crippen LogP contribution is 2.68. The molecule has 1 amide bonds. The average Bonchev–Trinajstić information content (AvgIpc) is 3.68. The topological polar surface area (TPSA) is 160 Å². The van der Waals surface area contributed by atoms with Crippen LogP contribution in [-0.2, 0) is 40.1 Å². The highest BCUT2D eigenvalue weighted by molar-refractivity contribution is 7.92. The molecule has 2 aliphatic rings. The van der Waals surface area contributed by atoms with Crippen molar-refractivity contribution < 1.29 is 48.3 Å². The van der Waals surface area contributed by atoms with Crippen molar-refractivity contribution in [3.8, 4) is 5.69 Å². The van der Waals surface area contributed by atoms with Gasteiger partial charge in [0.2, 0.25) is 15.9 Å². The number of alkyl halides is 6. The molecule has 1 fully saturated rings. The van der Waals surface area contributed by atoms with Crippen LogP contribution in [0.1, 0.15) is 78.0 Å². The number of aromatic nitrogens is 6. The zero-order valence-electron chi connectivity index (χ0n) is 31.3. The second-order valence-corrected chi connectivity index (χ2v) is 17.1. The fraction of sp³-hybridized carbons (Fsp3) is 0.342. The molecule has 8 rings (SSSR count). The second-order valence-electron chi connectivity index (χ2n) is 14.9. The number of fused-ring (bicyclic) bond motifs is 5. The number of anilines is 1. The first-order valence-electron chi connectivity index (χ1n) is 18.1. The van der Waals surface area contributed by atoms with E-state index >= 15 is 17.6 Å². The zero-order valence-corrected chi connectivity index (χ0v) is 32.9. The van der Waals surface area contributed by atoms with Crippen molar-refractivity contribution in [1.29, 1.82) is 0 Å². The maximum absolute atomic E-state index is 16.1. The Morgan fingerprint density at radius 3 is 2.38 bits per heavy atom. The van der Waals surface area contributed by atoms with Crippen molar-refractivity contribution in [2.24, 2.45) is 18.7 Å². The molecular formula is C38H31ClF8N8O4S. The van der Waals surface area contributed by atoms with Gasteiger partial charge >= 0.3 is 0 Å². The maximum Gasteiger partial charge on any atom is 0.293 e. The van der Waals surface area contributed by atoms with E-state index in [0.717, 1.165) is 45.8 Å². The molecule has 4 atom stereocenters. The molecule has 0 saturated heterocycles. The molecular weight excluding hydrogens is 852 g/mol. The largest absolute Gasteiger partial charge is 0.368 e. The van der Waals surface area contributed by atoms with Crippen molar-refractivity contribution in [2.75, 3.05) is 11.0 Å². The van der Waals surface area contributed by atoms with Gasteiger partial charge in [-0.2, -0.15) is 19.0 Å². The standard InChI is InChI=1S/C38H31ClF8N8O4S/c1-4-37(44,45)16-5-6-19-24(12-16)49-35(54(36(19)57)25-8-7-23(39)27-30(25)53(2)51-34(27)52-60(3,58)59)21(11-15-9-17(40)13-18(41)10-15)29(33(48)56)55-31-26(28(50-55)32(42)43)20-14-22(20)38(31,46)47/h5-10,12-13,20-22,29,32H,4,11,14H2,1-3H3,(H2,48,56)(H,51,52)/t20-,21-,22+,29?/m0/s1. The van der Waals surface area contributed by atoms with Crippen LogP contribution < -0.4 is 16.0 Å². The van der Waals surface area contributed by atoms with E-state index in [2.05, 4.69) is 19.9 Å². The van der Waals surface area contributed by atoms with E-state index in [9.17, 15) is 35.6 Å². The number of amides is 1. The molecule has 3 N–H and O–H groups in total. The number of hydrogen-bond acceptors (Lipinski definition) is 7. The van der Waals surface area contributed by atoms with E-state index in [4.69, 9.17) is 17.3 Å². The van der Waals surface area contributed by atoms with Crippen molar-refractivity contribution >= 4 is 55.2 Å². The van der Waals surface area contributed by atoms with Crippen LogP contribution in [0, 0.1) is 17.6 Å². The number of sulfonamides is 1. The fourth-order valence-electron chi connectivity index (χ4n) is 8.33. The van der Waals surface area contributed by atoms with Crippen LogP contribution in [-0.4, -0.2) is 49.7 Å². The third-order valence-corrected chi connectivity index (χ3v) is 11.9. The van der Waals surface area contributed by atoms with Gasteiger partial charge in [0.15, 0.2) is 5.82 Å². The van der Waals surface area contributed by atoms with Gasteiger partial charge in [0.05, 0.1) is 44.7 Å². The first kappa shape index (κ1) is 41.2. The summed E-state index contributed by atoms with van der Waals surface area (Å²) in [5.74, 6) is -16.3. The number of halogens is 9. The molecule has 1 unspecified atom stereocenters. The molecule has 3 aromatic carbocycles. The van der Waals surface area contributed by atoms with E-state index in [1.807, 2.05) is 0 Å². The van der Waals surface area contributed by atoms with Crippen LogP contribution in [0.5, 0.6) is 0 Å². The fourth-order valence-corrected chi connectivity index (χ4v) is 9.07. The molecule has 3 heterocycles. The summed E-state index contributed by atoms with van der Waals surface area (Å²) in [4.78, 5) is 33.4. The van der Waals surface area contributed by atoms with Crippen LogP contribution in [0.2, 0.25) is 5.02 Å². The van der Waals surface area contributed by atoms with Gasteiger partial charge in [-0.05, 0) is 60.7 Å². The molecule has 316 valence electrons. The lowest BCUT2D eigenvalue weighted by molar-refractivity contribution is -0.122. The molecule has 3 aromatic heterocycles. The lowest BCUT2D eigenvalue weighted by Gasteiger charge is -2.30. The van der Waals surface area contributed by atoms with Gasteiger partial charge in [-0.15, -0.1) is 0 Å². The number of carbonyl (C=O) groups excluding carboxylic acids is 1. The Morgan fingerprint density at radius 1 is 1.08 bits per heavy atom. The lowest BCUT2D eigenvalue weighted by atomic mass is 9.89. The highest BCUT2D eigenvalue weighted by atomic mass is 35.5. The number of carbonyl (C=O) groups is 1. The third-order valence-electron chi connectivity index (χ3n) is 11.0. The van der Waals surface area contributed by atoms with Crippen LogP contribution in [0.4, 0.5) is 40.9 Å². The Morgan fingerprint density at radius 2 is 1.77 bits per heavy atom. The maximum atomic E-state index is 16.1. The SMILES string of the molecule is CCC(F)(F)c1ccc2c(=O)n(-c3ccc(Cl)c4c(NS(C)(=O)=O)nn(C)c34)c([C@@H](Cc3cc(F)cc(F)c3)C(C(N)=O)n3nc(C(F)F)c4c3C(F)(F)[C@@H]3C[C@H]43)nc2c1. The number of nitrogens with zero attached hydrogens (tertiary/aromatic N) is 6. The number of primary amides is 1. The van der Waals surface area contributed by atoms with Crippen LogP contribution in [0.3, 0.4) is 0 Å². The third kappa shape index (κ3) is 6.65. The van der Waals surface area contributed by atoms with Gasteiger partial charge in [-0.25, -0.2) is 44.4 Å². The molecule has 60 heavy (non-hydrogen) atoms. The van der Waals surface area contributed by atoms with E-state index in [-0.39, 0.29) is 44.8 Å². The first-order valence-corrected chi connectivity index (χ1v) is 20.4. The summed E-state index contributed by atoms with van der Waals surface area (Å²) in [6, 6.07) is 5.33. The molecule has 0 spiro atoms. The Labute approximate surface area is 339 Å². The summed E-state index contributed by atoms with van der Waals surface area (Å²) in [6.07, 6.45) is -4.18. The number of rotatable bonds is 12. The zero-order chi connectivity index (χ0) is 43.5. The van der Waals surface area contributed by atoms with Gasteiger partial charge in [-0.1, -0.05) is 24.6 Å². The molecule has 0 radical (unpaired) electrons. The highest BCUT2D eigenvalue weighted by Gasteiger charge is 2.68. The van der Waals surface area contributed by atoms with Gasteiger partial charge in [0, 0.05) is 36.6 Å². The number of nitrogens with two attached hydrogens (primary N) is 1. The van der Waals surface area contributed by atoms with E-state index in [0.29, 0.717) is 10.7 Å². The van der Waals surface area contributed by atoms with Gasteiger partial charge in [-0.3, -0.25) is 23.6 Å². The minimum atomic E-state index is -4.00. The molecule has 2 aliphatic carbocycles. The van der Waals surface area contributed by atoms with E-state index in [1.165, 1.54) is 26.1 Å². The summed E-state index contributed by atoms with van der Waals surface area (Å²) < 4.78 is 151. The smallest absolute Gasteiger partial charge is 0.293 e. The van der Waals surface area contributed by atoms with Crippen molar-refractivity contribution in [2.45, 2.75) is 62.3 Å². The Balaban J connectivity index is 1.51. The van der Waals surface area contributed by atoms with Crippen molar-refractivity contribution in [1.82, 2.24) is 29.1 Å². The predicted molar refractivity (Wildman–Crippen MR) is 202 cm³/mol. The predicted octanol–water partition coefficient (Wildman–Crippen LogP) is 7.47. The summed E-state index contributed by atoms with van der Waals surface area (Å²) in [5, 5.41) is 7.59. The molecule has 12 nitrogen and oxygen atoms in total. The summed E-state index contributed by atoms with van der Waals surface area (Å²) >= 11 is 6.57. The summed E-state index contributed by atoms with van der Waals surface area (Å²) in [6.45, 7) is 1.20. The lowest BCUT2D eigenvalue weighted by Crippen LogP contribution is -2.39. The number of benzene rings is 3. The van der Waals surface area contributed by atoms with Gasteiger partial charge in [0.1, 0.15) is 34.9 Å². The summed E-state index contributed by atoms with van der Waals surface area (Å²) in [5.41, 5.74) is 0.835. The molecule has 6 aromatic rings. The Hall–Kier alpha value is -5.57. The Kier molecular flexibility index (Phi) is 9.61. The minimum Gasteiger partial charge on any atom is -0.368 e. The second kappa shape index (κ2) is 14.0. The number of hydrogen-bond donors (Lipinski definition) is 2. The van der Waals surface area contributed by atoms with Crippen LogP contribution >= 0.6 is 11.6 Å². The Bertz CT molecular complexity index is 2950. The number of nitrogens with one attached hydrogen (secondary N) is 1. The van der Waals surface area contributed by atoms with Crippen molar-refractivity contribution in [3.05, 3.63) is 109 Å². The van der Waals surface area contributed by atoms with Gasteiger partial charge in [0.25, 0.3) is 23.8 Å². The van der Waals surface area contributed by atoms with Crippen LogP contribution in [0.25, 0.3) is 27.5 Å².